The van der Waals surface area contributed by atoms with Crippen LogP contribution in [0.4, 0.5) is 0 Å². The minimum atomic E-state index is 0.847. The van der Waals surface area contributed by atoms with E-state index in [1.165, 1.54) is 0 Å². The summed E-state index contributed by atoms with van der Waals surface area (Å²) >= 11 is 6.30. The van der Waals surface area contributed by atoms with Gasteiger partial charge in [0.2, 0.25) is 0 Å². The highest BCUT2D eigenvalue weighted by atomic mass is 35.5. The predicted molar refractivity (Wildman–Crippen MR) is 58.4 cm³/mol. The highest BCUT2D eigenvalue weighted by Gasteiger charge is 2.29. The fourth-order valence-corrected chi connectivity index (χ4v) is 2.29. The van der Waals surface area contributed by atoms with Crippen LogP contribution in [-0.2, 0) is 6.42 Å². The molecular formula is C12H9ClO. The summed E-state index contributed by atoms with van der Waals surface area (Å²) < 4.78 is 5.47. The molecule has 0 atom stereocenters. The van der Waals surface area contributed by atoms with E-state index < -0.39 is 0 Å². The van der Waals surface area contributed by atoms with Crippen molar-refractivity contribution in [3.63, 3.8) is 0 Å². The smallest absolute Gasteiger partial charge is 0.178 e. The molecule has 3 rings (SSSR count). The molecule has 2 aromatic carbocycles. The Balaban J connectivity index is 2.47. The van der Waals surface area contributed by atoms with Crippen LogP contribution in [0.1, 0.15) is 12.5 Å². The standard InChI is InChI=1S/C12H9ClO/c1-2-7-10(13)8-5-3-4-6-9(8)12-11(7)14-12/h3-6H,2H2,1H3. The monoisotopic (exact) mass is 204 g/mol. The Bertz CT molecular complexity index is 531. The fraction of sp³-hybridized carbons (Fsp3) is 0.167. The first-order chi connectivity index (χ1) is 6.83. The Hall–Kier alpha value is -1.21. The summed E-state index contributed by atoms with van der Waals surface area (Å²) in [6.07, 6.45) is 0.923. The highest BCUT2D eigenvalue weighted by Crippen LogP contribution is 2.56. The van der Waals surface area contributed by atoms with E-state index in [1.54, 1.807) is 0 Å². The van der Waals surface area contributed by atoms with Crippen LogP contribution in [0.5, 0.6) is 11.5 Å². The molecule has 0 saturated carbocycles. The molecule has 0 amide bonds. The molecule has 0 aromatic heterocycles. The van der Waals surface area contributed by atoms with Crippen LogP contribution in [0, 0.1) is 0 Å². The summed E-state index contributed by atoms with van der Waals surface area (Å²) in [5.41, 5.74) is 1.14. The third-order valence-corrected chi connectivity index (χ3v) is 3.10. The Kier molecular flexibility index (Phi) is 1.53. The number of hydrogen-bond acceptors (Lipinski definition) is 1. The second kappa shape index (κ2) is 2.64. The van der Waals surface area contributed by atoms with Crippen molar-refractivity contribution < 1.29 is 4.74 Å². The van der Waals surface area contributed by atoms with Crippen molar-refractivity contribution >= 4 is 22.4 Å². The molecule has 0 saturated heterocycles. The van der Waals surface area contributed by atoms with Crippen molar-refractivity contribution in [3.05, 3.63) is 34.9 Å². The SMILES string of the molecule is CCc1c2c(c3ccccc3c1Cl)O2. The van der Waals surface area contributed by atoms with Gasteiger partial charge in [0.25, 0.3) is 0 Å². The van der Waals surface area contributed by atoms with Gasteiger partial charge < -0.3 is 4.74 Å². The molecular weight excluding hydrogens is 196 g/mol. The number of hydrogen-bond donors (Lipinski definition) is 0. The normalized spacial score (nSPS) is 12.4. The molecule has 70 valence electrons. The van der Waals surface area contributed by atoms with Crippen molar-refractivity contribution in [3.8, 4) is 11.5 Å². The lowest BCUT2D eigenvalue weighted by molar-refractivity contribution is 0.647. The van der Waals surface area contributed by atoms with Crippen molar-refractivity contribution in [2.24, 2.45) is 0 Å². The van der Waals surface area contributed by atoms with E-state index in [0.717, 1.165) is 39.3 Å². The first-order valence-electron chi connectivity index (χ1n) is 4.74. The molecule has 0 unspecified atom stereocenters. The van der Waals surface area contributed by atoms with E-state index in [9.17, 15) is 0 Å². The lowest BCUT2D eigenvalue weighted by Crippen LogP contribution is -1.79. The number of ether oxygens (including phenoxy) is 1. The van der Waals surface area contributed by atoms with Crippen LogP contribution < -0.4 is 4.74 Å². The van der Waals surface area contributed by atoms with Gasteiger partial charge in [-0.1, -0.05) is 42.8 Å². The molecule has 0 aliphatic carbocycles. The Morgan fingerprint density at radius 2 is 1.86 bits per heavy atom. The number of rotatable bonds is 1. The van der Waals surface area contributed by atoms with Crippen molar-refractivity contribution in [1.82, 2.24) is 0 Å². The van der Waals surface area contributed by atoms with Gasteiger partial charge in [-0.05, 0) is 6.42 Å². The molecule has 2 heteroatoms. The van der Waals surface area contributed by atoms with Gasteiger partial charge in [-0.25, -0.2) is 0 Å². The summed E-state index contributed by atoms with van der Waals surface area (Å²) in [5.74, 6) is 2.01. The zero-order valence-electron chi connectivity index (χ0n) is 7.80. The summed E-state index contributed by atoms with van der Waals surface area (Å²) in [6, 6.07) is 8.10. The molecule has 0 N–H and O–H groups in total. The second-order valence-corrected chi connectivity index (χ2v) is 3.83. The summed E-state index contributed by atoms with van der Waals surface area (Å²) in [4.78, 5) is 0. The van der Waals surface area contributed by atoms with Gasteiger partial charge in [0.1, 0.15) is 0 Å². The van der Waals surface area contributed by atoms with E-state index in [1.807, 2.05) is 24.3 Å². The van der Waals surface area contributed by atoms with E-state index in [4.69, 9.17) is 16.3 Å². The number of halogens is 1. The molecule has 2 aromatic rings. The quantitative estimate of drug-likeness (QED) is 0.543. The van der Waals surface area contributed by atoms with Gasteiger partial charge in [0.05, 0.1) is 5.02 Å². The molecule has 1 heterocycles. The number of benzene rings is 2. The largest absolute Gasteiger partial charge is 0.448 e. The maximum Gasteiger partial charge on any atom is 0.178 e. The van der Waals surface area contributed by atoms with Crippen LogP contribution in [0.25, 0.3) is 10.8 Å². The third-order valence-electron chi connectivity index (χ3n) is 2.67. The first-order valence-corrected chi connectivity index (χ1v) is 5.11. The summed E-state index contributed by atoms with van der Waals surface area (Å²) in [5, 5.41) is 3.08. The van der Waals surface area contributed by atoms with E-state index in [2.05, 4.69) is 6.92 Å². The van der Waals surface area contributed by atoms with Gasteiger partial charge in [-0.15, -0.1) is 0 Å². The minimum Gasteiger partial charge on any atom is -0.448 e. The van der Waals surface area contributed by atoms with Crippen LogP contribution in [-0.4, -0.2) is 0 Å². The Morgan fingerprint density at radius 1 is 1.14 bits per heavy atom. The maximum atomic E-state index is 6.30. The summed E-state index contributed by atoms with van der Waals surface area (Å²) in [6.45, 7) is 2.10. The highest BCUT2D eigenvalue weighted by molar-refractivity contribution is 6.37. The molecule has 0 spiro atoms. The van der Waals surface area contributed by atoms with Crippen molar-refractivity contribution in [2.75, 3.05) is 0 Å². The zero-order chi connectivity index (χ0) is 9.71. The molecule has 1 aliphatic rings. The van der Waals surface area contributed by atoms with Gasteiger partial charge in [0, 0.05) is 16.3 Å². The Labute approximate surface area is 87.3 Å². The van der Waals surface area contributed by atoms with Gasteiger partial charge in [-0.2, -0.15) is 0 Å². The fourth-order valence-electron chi connectivity index (χ4n) is 1.90. The predicted octanol–water partition coefficient (Wildman–Crippen LogP) is 4.16. The van der Waals surface area contributed by atoms with Gasteiger partial charge in [-0.3, -0.25) is 0 Å². The molecule has 1 nitrogen and oxygen atoms in total. The average molecular weight is 205 g/mol. The molecule has 0 radical (unpaired) electrons. The molecule has 0 bridgehead atoms. The lowest BCUT2D eigenvalue weighted by atomic mass is 10.1. The zero-order valence-corrected chi connectivity index (χ0v) is 8.56. The van der Waals surface area contributed by atoms with Gasteiger partial charge in [0.15, 0.2) is 11.5 Å². The van der Waals surface area contributed by atoms with Crippen LogP contribution in [0.2, 0.25) is 5.02 Å². The van der Waals surface area contributed by atoms with Crippen LogP contribution in [0.15, 0.2) is 24.3 Å². The first kappa shape index (κ1) is 8.13. The van der Waals surface area contributed by atoms with Crippen LogP contribution in [0.3, 0.4) is 0 Å². The minimum absolute atomic E-state index is 0.847. The maximum absolute atomic E-state index is 6.30. The topological polar surface area (TPSA) is 12.5 Å². The molecule has 0 fully saturated rings. The second-order valence-electron chi connectivity index (χ2n) is 3.45. The van der Waals surface area contributed by atoms with E-state index in [0.29, 0.717) is 0 Å². The summed E-state index contributed by atoms with van der Waals surface area (Å²) in [7, 11) is 0. The van der Waals surface area contributed by atoms with Crippen molar-refractivity contribution in [1.29, 1.82) is 0 Å². The van der Waals surface area contributed by atoms with Crippen molar-refractivity contribution in [2.45, 2.75) is 13.3 Å². The molecule has 14 heavy (non-hydrogen) atoms. The van der Waals surface area contributed by atoms with E-state index >= 15 is 0 Å². The van der Waals surface area contributed by atoms with Crippen LogP contribution >= 0.6 is 11.6 Å². The van der Waals surface area contributed by atoms with Gasteiger partial charge >= 0.3 is 0 Å². The Morgan fingerprint density at radius 3 is 2.57 bits per heavy atom. The average Bonchev–Trinajstić information content (AvgIpc) is 2.99. The van der Waals surface area contributed by atoms with E-state index in [-0.39, 0.29) is 0 Å². The molecule has 1 aliphatic heterocycles. The third kappa shape index (κ3) is 0.906. The lowest BCUT2D eigenvalue weighted by Gasteiger charge is -2.00. The number of fused-ring (bicyclic) bond motifs is 3.